The Morgan fingerprint density at radius 1 is 0.640 bits per heavy atom. The zero-order valence-electron chi connectivity index (χ0n) is 13.4. The van der Waals surface area contributed by atoms with Gasteiger partial charge >= 0.3 is 0 Å². The lowest BCUT2D eigenvalue weighted by Gasteiger charge is -2.18. The predicted molar refractivity (Wildman–Crippen MR) is 100 cm³/mol. The molecule has 25 heavy (non-hydrogen) atoms. The number of nitrogens with zero attached hydrogens (tertiary/aromatic N) is 2. The average molecular weight is 348 g/mol. The van der Waals surface area contributed by atoms with Crippen LogP contribution in [0.5, 0.6) is 0 Å². The van der Waals surface area contributed by atoms with Crippen molar-refractivity contribution in [2.24, 2.45) is 0 Å². The fourth-order valence-electron chi connectivity index (χ4n) is 3.28. The summed E-state index contributed by atoms with van der Waals surface area (Å²) < 4.78 is 9.01. The van der Waals surface area contributed by atoms with Crippen LogP contribution in [0, 0.1) is 0 Å². The van der Waals surface area contributed by atoms with E-state index in [9.17, 15) is 10.2 Å². The first-order valence-corrected chi connectivity index (χ1v) is 8.70. The van der Waals surface area contributed by atoms with E-state index in [2.05, 4.69) is 8.75 Å². The minimum Gasteiger partial charge on any atom is -0.392 e. The van der Waals surface area contributed by atoms with Gasteiger partial charge in [0.2, 0.25) is 0 Å². The zero-order chi connectivity index (χ0) is 17.2. The molecule has 0 unspecified atom stereocenters. The van der Waals surface area contributed by atoms with E-state index in [4.69, 9.17) is 0 Å². The van der Waals surface area contributed by atoms with E-state index in [0.29, 0.717) is 11.1 Å². The molecular weight excluding hydrogens is 332 g/mol. The molecule has 0 radical (unpaired) electrons. The molecule has 2 N–H and O–H groups in total. The van der Waals surface area contributed by atoms with E-state index in [-0.39, 0.29) is 13.2 Å². The van der Waals surface area contributed by atoms with Crippen molar-refractivity contribution in [1.82, 2.24) is 8.75 Å². The van der Waals surface area contributed by atoms with E-state index >= 15 is 0 Å². The van der Waals surface area contributed by atoms with Crippen LogP contribution in [0.15, 0.2) is 60.7 Å². The molecule has 4 rings (SSSR count). The standard InChI is InChI=1S/C20H16N2O2S/c23-11-15-16(12-24)18(14-9-5-2-6-10-14)20-19(21-25-22-20)17(15)13-7-3-1-4-8-13/h1-10,23-24H,11-12H2. The smallest absolute Gasteiger partial charge is 0.113 e. The van der Waals surface area contributed by atoms with Crippen LogP contribution in [-0.4, -0.2) is 19.0 Å². The van der Waals surface area contributed by atoms with Gasteiger partial charge in [-0.1, -0.05) is 60.7 Å². The number of rotatable bonds is 4. The number of fused-ring (bicyclic) bond motifs is 1. The molecule has 0 aliphatic rings. The summed E-state index contributed by atoms with van der Waals surface area (Å²) >= 11 is 1.15. The number of benzene rings is 3. The van der Waals surface area contributed by atoms with Gasteiger partial charge < -0.3 is 10.2 Å². The molecule has 0 aliphatic heterocycles. The Morgan fingerprint density at radius 3 is 1.40 bits per heavy atom. The molecule has 0 saturated heterocycles. The van der Waals surface area contributed by atoms with Gasteiger partial charge in [0.05, 0.1) is 24.9 Å². The predicted octanol–water partition coefficient (Wildman–Crippen LogP) is 4.01. The van der Waals surface area contributed by atoms with Crippen molar-refractivity contribution in [3.8, 4) is 22.3 Å². The summed E-state index contributed by atoms with van der Waals surface area (Å²) in [6, 6.07) is 19.6. The molecule has 3 aromatic carbocycles. The third-order valence-electron chi connectivity index (χ3n) is 4.37. The summed E-state index contributed by atoms with van der Waals surface area (Å²) in [5, 5.41) is 20.2. The van der Waals surface area contributed by atoms with Crippen molar-refractivity contribution >= 4 is 22.8 Å². The first kappa shape index (κ1) is 15.9. The third kappa shape index (κ3) is 2.62. The Kier molecular flexibility index (Phi) is 4.28. The van der Waals surface area contributed by atoms with E-state index in [0.717, 1.165) is 45.0 Å². The lowest BCUT2D eigenvalue weighted by atomic mass is 9.88. The largest absolute Gasteiger partial charge is 0.392 e. The first-order valence-electron chi connectivity index (χ1n) is 7.97. The lowest BCUT2D eigenvalue weighted by Crippen LogP contribution is -2.03. The topological polar surface area (TPSA) is 66.2 Å². The molecule has 0 fully saturated rings. The molecule has 124 valence electrons. The molecule has 0 aliphatic carbocycles. The van der Waals surface area contributed by atoms with Crippen LogP contribution in [0.25, 0.3) is 33.3 Å². The van der Waals surface area contributed by atoms with Crippen molar-refractivity contribution in [2.45, 2.75) is 13.2 Å². The van der Waals surface area contributed by atoms with Crippen molar-refractivity contribution in [1.29, 1.82) is 0 Å². The first-order chi connectivity index (χ1) is 12.3. The molecule has 0 spiro atoms. The monoisotopic (exact) mass is 348 g/mol. The third-order valence-corrected chi connectivity index (χ3v) is 4.90. The number of aromatic nitrogens is 2. The van der Waals surface area contributed by atoms with Gasteiger partial charge in [-0.3, -0.25) is 0 Å². The maximum atomic E-state index is 10.1. The van der Waals surface area contributed by atoms with Gasteiger partial charge in [-0.15, -0.1) is 0 Å². The molecule has 0 saturated carbocycles. The van der Waals surface area contributed by atoms with Crippen LogP contribution in [0.3, 0.4) is 0 Å². The molecule has 1 aromatic heterocycles. The fourth-order valence-corrected chi connectivity index (χ4v) is 3.84. The molecule has 0 bridgehead atoms. The van der Waals surface area contributed by atoms with Crippen LogP contribution in [-0.2, 0) is 13.2 Å². The molecule has 4 aromatic rings. The second-order valence-corrected chi connectivity index (χ2v) is 6.25. The number of hydrogen-bond acceptors (Lipinski definition) is 5. The maximum absolute atomic E-state index is 10.1. The van der Waals surface area contributed by atoms with Gasteiger partial charge in [0, 0.05) is 11.1 Å². The van der Waals surface area contributed by atoms with Crippen LogP contribution in [0.1, 0.15) is 11.1 Å². The SMILES string of the molecule is OCc1c(CO)c(-c2ccccc2)c2nsnc2c1-c1ccccc1. The molecule has 0 atom stereocenters. The van der Waals surface area contributed by atoms with Crippen LogP contribution >= 0.6 is 11.7 Å². The van der Waals surface area contributed by atoms with Gasteiger partial charge in [0.15, 0.2) is 0 Å². The second-order valence-electron chi connectivity index (χ2n) is 5.72. The van der Waals surface area contributed by atoms with Gasteiger partial charge in [0.1, 0.15) is 11.0 Å². The molecular formula is C20H16N2O2S. The molecule has 1 heterocycles. The zero-order valence-corrected chi connectivity index (χ0v) is 14.2. The fraction of sp³-hybridized carbons (Fsp3) is 0.100. The highest BCUT2D eigenvalue weighted by atomic mass is 32.1. The van der Waals surface area contributed by atoms with E-state index < -0.39 is 0 Å². The van der Waals surface area contributed by atoms with Crippen molar-refractivity contribution in [3.05, 3.63) is 71.8 Å². The maximum Gasteiger partial charge on any atom is 0.113 e. The normalized spacial score (nSPS) is 11.1. The van der Waals surface area contributed by atoms with E-state index in [1.807, 2.05) is 60.7 Å². The summed E-state index contributed by atoms with van der Waals surface area (Å²) in [7, 11) is 0. The quantitative estimate of drug-likeness (QED) is 0.585. The summed E-state index contributed by atoms with van der Waals surface area (Å²) in [4.78, 5) is 0. The second kappa shape index (κ2) is 6.72. The number of aliphatic hydroxyl groups is 2. The van der Waals surface area contributed by atoms with Crippen molar-refractivity contribution in [2.75, 3.05) is 0 Å². The van der Waals surface area contributed by atoms with Gasteiger partial charge in [0.25, 0.3) is 0 Å². The van der Waals surface area contributed by atoms with Crippen LogP contribution < -0.4 is 0 Å². The molecule has 0 amide bonds. The average Bonchev–Trinajstić information content (AvgIpc) is 3.16. The van der Waals surface area contributed by atoms with Crippen molar-refractivity contribution < 1.29 is 10.2 Å². The lowest BCUT2D eigenvalue weighted by molar-refractivity contribution is 0.261. The number of aliphatic hydroxyl groups excluding tert-OH is 2. The van der Waals surface area contributed by atoms with Crippen LogP contribution in [0.4, 0.5) is 0 Å². The molecule has 5 heteroatoms. The summed E-state index contributed by atoms with van der Waals surface area (Å²) in [5.41, 5.74) is 6.52. The number of hydrogen-bond donors (Lipinski definition) is 2. The summed E-state index contributed by atoms with van der Waals surface area (Å²) in [5.74, 6) is 0. The van der Waals surface area contributed by atoms with Gasteiger partial charge in [-0.2, -0.15) is 8.75 Å². The Hall–Kier alpha value is -2.60. The van der Waals surface area contributed by atoms with Gasteiger partial charge in [-0.25, -0.2) is 0 Å². The Labute approximate surface area is 149 Å². The summed E-state index contributed by atoms with van der Waals surface area (Å²) in [6.07, 6.45) is 0. The minimum absolute atomic E-state index is 0.173. The highest BCUT2D eigenvalue weighted by molar-refractivity contribution is 7.00. The minimum atomic E-state index is -0.173. The van der Waals surface area contributed by atoms with E-state index in [1.54, 1.807) is 0 Å². The van der Waals surface area contributed by atoms with Gasteiger partial charge in [-0.05, 0) is 22.3 Å². The highest BCUT2D eigenvalue weighted by Crippen LogP contribution is 2.41. The van der Waals surface area contributed by atoms with E-state index in [1.165, 1.54) is 0 Å². The highest BCUT2D eigenvalue weighted by Gasteiger charge is 2.23. The molecule has 4 nitrogen and oxygen atoms in total. The van der Waals surface area contributed by atoms with Crippen molar-refractivity contribution in [3.63, 3.8) is 0 Å². The Bertz CT molecular complexity index is 933. The summed E-state index contributed by atoms with van der Waals surface area (Å²) in [6.45, 7) is -0.346. The Balaban J connectivity index is 2.15. The van der Waals surface area contributed by atoms with Crippen LogP contribution in [0.2, 0.25) is 0 Å². The Morgan fingerprint density at radius 2 is 1.04 bits per heavy atom.